The maximum absolute atomic E-state index is 12.2. The van der Waals surface area contributed by atoms with Gasteiger partial charge in [-0.15, -0.1) is 23.7 Å². The fourth-order valence-electron chi connectivity index (χ4n) is 2.83. The van der Waals surface area contributed by atoms with Crippen LogP contribution >= 0.6 is 23.7 Å². The molecule has 2 unspecified atom stereocenters. The fraction of sp³-hybridized carbons (Fsp3) is 0.750. The van der Waals surface area contributed by atoms with Crippen molar-refractivity contribution in [2.45, 2.75) is 64.3 Å². The highest BCUT2D eigenvalue weighted by Gasteiger charge is 2.25. The normalized spacial score (nSPS) is 22.0. The van der Waals surface area contributed by atoms with Gasteiger partial charge in [0, 0.05) is 16.8 Å². The summed E-state index contributed by atoms with van der Waals surface area (Å²) in [6, 6.07) is 0.247. The smallest absolute Gasteiger partial charge is 0.226 e. The molecule has 3 N–H and O–H groups in total. The molecule has 126 valence electrons. The van der Waals surface area contributed by atoms with E-state index in [9.17, 15) is 4.79 Å². The second kappa shape index (κ2) is 8.27. The van der Waals surface area contributed by atoms with Crippen LogP contribution in [0.4, 0.5) is 0 Å². The van der Waals surface area contributed by atoms with Crippen LogP contribution in [0.5, 0.6) is 0 Å². The summed E-state index contributed by atoms with van der Waals surface area (Å²) in [7, 11) is 0. The summed E-state index contributed by atoms with van der Waals surface area (Å²) < 4.78 is 0. The number of carbonyl (C=O) groups is 1. The lowest BCUT2D eigenvalue weighted by molar-refractivity contribution is -0.121. The van der Waals surface area contributed by atoms with Crippen molar-refractivity contribution in [3.8, 4) is 0 Å². The molecule has 1 saturated carbocycles. The molecule has 1 fully saturated rings. The number of aromatic nitrogens is 1. The number of nitrogens with one attached hydrogen (secondary N) is 1. The number of carbonyl (C=O) groups excluding carboxylic acids is 1. The van der Waals surface area contributed by atoms with Crippen LogP contribution in [0.2, 0.25) is 0 Å². The van der Waals surface area contributed by atoms with Gasteiger partial charge in [0.25, 0.3) is 0 Å². The van der Waals surface area contributed by atoms with E-state index in [1.54, 1.807) is 11.3 Å². The van der Waals surface area contributed by atoms with E-state index in [1.807, 2.05) is 5.38 Å². The number of nitrogens with two attached hydrogens (primary N) is 1. The Labute approximate surface area is 143 Å². The molecule has 1 aromatic rings. The maximum atomic E-state index is 12.2. The monoisotopic (exact) mass is 345 g/mol. The summed E-state index contributed by atoms with van der Waals surface area (Å²) in [6.07, 6.45) is 4.98. The number of hydrogen-bond donors (Lipinski definition) is 2. The van der Waals surface area contributed by atoms with Gasteiger partial charge in [0.15, 0.2) is 0 Å². The fourth-order valence-corrected chi connectivity index (χ4v) is 3.74. The third-order valence-corrected chi connectivity index (χ3v) is 5.41. The molecule has 2 rings (SSSR count). The van der Waals surface area contributed by atoms with E-state index >= 15 is 0 Å². The standard InChI is InChI=1S/C16H27N3OS.ClH/c1-16(2,3)15-18-12(10-21-15)8-14(20)19-13-7-5-4-6-11(13)9-17;/h10-11,13H,4-9,17H2,1-3H3,(H,19,20);1H. The Bertz CT molecular complexity index is 484. The number of hydrogen-bond acceptors (Lipinski definition) is 4. The Morgan fingerprint density at radius 3 is 2.68 bits per heavy atom. The summed E-state index contributed by atoms with van der Waals surface area (Å²) in [5, 5.41) is 6.25. The molecule has 4 nitrogen and oxygen atoms in total. The van der Waals surface area contributed by atoms with Crippen LogP contribution in [0.15, 0.2) is 5.38 Å². The minimum atomic E-state index is 0. The Morgan fingerprint density at radius 1 is 1.41 bits per heavy atom. The highest BCUT2D eigenvalue weighted by molar-refractivity contribution is 7.09. The van der Waals surface area contributed by atoms with Crippen LogP contribution in [-0.4, -0.2) is 23.5 Å². The van der Waals surface area contributed by atoms with Gasteiger partial charge in [-0.3, -0.25) is 4.79 Å². The van der Waals surface area contributed by atoms with Crippen LogP contribution in [0.25, 0.3) is 0 Å². The molecule has 0 spiro atoms. The second-order valence-corrected chi connectivity index (χ2v) is 7.88. The number of halogens is 1. The maximum Gasteiger partial charge on any atom is 0.226 e. The zero-order chi connectivity index (χ0) is 15.5. The molecule has 0 bridgehead atoms. The first-order valence-electron chi connectivity index (χ1n) is 7.84. The minimum absolute atomic E-state index is 0. The third-order valence-electron chi connectivity index (χ3n) is 4.09. The molecule has 0 saturated heterocycles. The van der Waals surface area contributed by atoms with Gasteiger partial charge in [-0.1, -0.05) is 33.6 Å². The summed E-state index contributed by atoms with van der Waals surface area (Å²) in [5.74, 6) is 0.509. The van der Waals surface area contributed by atoms with Gasteiger partial charge in [0.2, 0.25) is 5.91 Å². The van der Waals surface area contributed by atoms with Crippen molar-refractivity contribution in [3.63, 3.8) is 0 Å². The molecule has 1 amide bonds. The molecule has 0 aliphatic heterocycles. The van der Waals surface area contributed by atoms with E-state index < -0.39 is 0 Å². The highest BCUT2D eigenvalue weighted by atomic mass is 35.5. The van der Waals surface area contributed by atoms with E-state index in [-0.39, 0.29) is 29.8 Å². The molecule has 2 atom stereocenters. The van der Waals surface area contributed by atoms with Gasteiger partial charge in [-0.2, -0.15) is 0 Å². The van der Waals surface area contributed by atoms with Crippen LogP contribution in [0, 0.1) is 5.92 Å². The first kappa shape index (κ1) is 19.4. The van der Waals surface area contributed by atoms with Gasteiger partial charge >= 0.3 is 0 Å². The Morgan fingerprint density at radius 2 is 2.09 bits per heavy atom. The second-order valence-electron chi connectivity index (χ2n) is 7.03. The number of nitrogens with zero attached hydrogens (tertiary/aromatic N) is 1. The predicted molar refractivity (Wildman–Crippen MR) is 94.7 cm³/mol. The van der Waals surface area contributed by atoms with Crippen molar-refractivity contribution < 1.29 is 4.79 Å². The molecule has 1 aliphatic rings. The lowest BCUT2D eigenvalue weighted by Gasteiger charge is -2.31. The van der Waals surface area contributed by atoms with Crippen LogP contribution < -0.4 is 11.1 Å². The van der Waals surface area contributed by atoms with Crippen molar-refractivity contribution in [3.05, 3.63) is 16.1 Å². The predicted octanol–water partition coefficient (Wildman–Crippen LogP) is 3.04. The van der Waals surface area contributed by atoms with E-state index in [0.717, 1.165) is 23.5 Å². The summed E-state index contributed by atoms with van der Waals surface area (Å²) in [4.78, 5) is 16.8. The first-order valence-corrected chi connectivity index (χ1v) is 8.72. The zero-order valence-corrected chi connectivity index (χ0v) is 15.4. The quantitative estimate of drug-likeness (QED) is 0.881. The van der Waals surface area contributed by atoms with Gasteiger partial charge < -0.3 is 11.1 Å². The molecule has 0 radical (unpaired) electrons. The largest absolute Gasteiger partial charge is 0.353 e. The molecule has 6 heteroatoms. The molecule has 0 aromatic carbocycles. The average molecular weight is 346 g/mol. The Balaban J connectivity index is 0.00000242. The van der Waals surface area contributed by atoms with E-state index in [0.29, 0.717) is 18.9 Å². The summed E-state index contributed by atoms with van der Waals surface area (Å²) in [6.45, 7) is 7.09. The SMILES string of the molecule is CC(C)(C)c1nc(CC(=O)NC2CCCCC2CN)cs1.Cl. The van der Waals surface area contributed by atoms with Crippen molar-refractivity contribution in [1.29, 1.82) is 0 Å². The van der Waals surface area contributed by atoms with Gasteiger partial charge in [0.05, 0.1) is 17.1 Å². The zero-order valence-electron chi connectivity index (χ0n) is 13.7. The van der Waals surface area contributed by atoms with Crippen molar-refractivity contribution >= 4 is 29.7 Å². The van der Waals surface area contributed by atoms with Crippen molar-refractivity contribution in [2.24, 2.45) is 11.7 Å². The Hall–Kier alpha value is -0.650. The summed E-state index contributed by atoms with van der Waals surface area (Å²) in [5.41, 5.74) is 6.74. The average Bonchev–Trinajstić information content (AvgIpc) is 2.87. The number of rotatable bonds is 4. The van der Waals surface area contributed by atoms with Gasteiger partial charge in [-0.25, -0.2) is 4.98 Å². The summed E-state index contributed by atoms with van der Waals surface area (Å²) >= 11 is 1.64. The van der Waals surface area contributed by atoms with Crippen LogP contribution in [-0.2, 0) is 16.6 Å². The molecule has 1 heterocycles. The van der Waals surface area contributed by atoms with Crippen molar-refractivity contribution in [2.75, 3.05) is 6.54 Å². The lowest BCUT2D eigenvalue weighted by atomic mass is 9.84. The third kappa shape index (κ3) is 5.21. The molecular formula is C16H28ClN3OS. The number of thiazole rings is 1. The first-order chi connectivity index (χ1) is 9.90. The highest BCUT2D eigenvalue weighted by Crippen LogP contribution is 2.26. The minimum Gasteiger partial charge on any atom is -0.353 e. The molecule has 22 heavy (non-hydrogen) atoms. The van der Waals surface area contributed by atoms with E-state index in [2.05, 4.69) is 31.1 Å². The number of amides is 1. The van der Waals surface area contributed by atoms with E-state index in [4.69, 9.17) is 5.73 Å². The lowest BCUT2D eigenvalue weighted by Crippen LogP contribution is -2.45. The van der Waals surface area contributed by atoms with Crippen LogP contribution in [0.3, 0.4) is 0 Å². The van der Waals surface area contributed by atoms with Gasteiger partial charge in [-0.05, 0) is 25.3 Å². The Kier molecular flexibility index (Phi) is 7.29. The van der Waals surface area contributed by atoms with Crippen molar-refractivity contribution in [1.82, 2.24) is 10.3 Å². The molecule has 1 aromatic heterocycles. The van der Waals surface area contributed by atoms with E-state index in [1.165, 1.54) is 12.8 Å². The van der Waals surface area contributed by atoms with Crippen LogP contribution in [0.1, 0.15) is 57.2 Å². The molecular weight excluding hydrogens is 318 g/mol. The van der Waals surface area contributed by atoms with Gasteiger partial charge in [0.1, 0.15) is 0 Å². The topological polar surface area (TPSA) is 68.0 Å². The molecule has 1 aliphatic carbocycles.